The van der Waals surface area contributed by atoms with Crippen LogP contribution in [-0.2, 0) is 0 Å². The van der Waals surface area contributed by atoms with E-state index in [1.165, 1.54) is 0 Å². The van der Waals surface area contributed by atoms with Gasteiger partial charge in [-0.05, 0) is 74.2 Å². The number of thiophene rings is 1. The van der Waals surface area contributed by atoms with E-state index < -0.39 is 208 Å². The molecule has 0 fully saturated rings. The van der Waals surface area contributed by atoms with Crippen LogP contribution in [0.15, 0.2) is 254 Å². The van der Waals surface area contributed by atoms with Crippen molar-refractivity contribution < 1.29 is 31.5 Å². The van der Waals surface area contributed by atoms with Crippen molar-refractivity contribution in [3.05, 3.63) is 254 Å². The first-order valence-electron chi connectivity index (χ1n) is 33.0. The summed E-state index contributed by atoms with van der Waals surface area (Å²) in [7, 11) is -3.44. The second-order valence-electron chi connectivity index (χ2n) is 15.8. The predicted molar refractivity (Wildman–Crippen MR) is 292 cm³/mol. The van der Waals surface area contributed by atoms with E-state index in [-0.39, 0.29) is 31.6 Å². The Bertz CT molecular complexity index is 5230. The number of hydrogen-bond acceptors (Lipinski definition) is 4. The second-order valence-corrected chi connectivity index (χ2v) is 20.6. The Morgan fingerprint density at radius 1 is 0.377 bits per heavy atom. The standard InChI is InChI=1S/C63H42N4SSi/c1-4-22-45(23-5-1)69(46-24-6-2-7-25-46,47-26-8-3-9-27-47)48-28-20-21-44(41-48)61-64-62(53-33-11-10-29-49(53)43-39-40-60-55(42-43)52-32-15-19-38-59(52)68-60)66-63(65-61)54-34-14-18-37-58(54)67-56-35-16-12-30-50(56)51-31-13-17-36-57(51)67/h1-42H/i10D,11D,12D,13D,14D,15D,16D,17D,18D,19D,29D,30D,31D,32D,33D,34D,35D,36D,37D,38D,39D,40D,42D. The summed E-state index contributed by atoms with van der Waals surface area (Å²) >= 11 is 0.740. The average Bonchev–Trinajstić information content (AvgIpc) is 1.52. The van der Waals surface area contributed by atoms with Gasteiger partial charge in [-0.25, -0.2) is 15.0 Å². The monoisotopic (exact) mass is 937 g/mol. The maximum Gasteiger partial charge on any atom is 0.179 e. The summed E-state index contributed by atoms with van der Waals surface area (Å²) in [5.41, 5.74) is -4.12. The summed E-state index contributed by atoms with van der Waals surface area (Å²) < 4.78 is 213. The third-order valence-electron chi connectivity index (χ3n) is 12.0. The molecule has 0 amide bonds. The third kappa shape index (κ3) is 6.83. The Balaban J connectivity index is 1.22. The number of hydrogen-bond donors (Lipinski definition) is 0. The lowest BCUT2D eigenvalue weighted by Gasteiger charge is -2.34. The molecule has 0 aliphatic rings. The van der Waals surface area contributed by atoms with Gasteiger partial charge in [-0.1, -0.05) is 212 Å². The quantitative estimate of drug-likeness (QED) is 0.107. The fourth-order valence-corrected chi connectivity index (χ4v) is 14.8. The molecule has 0 radical (unpaired) electrons. The summed E-state index contributed by atoms with van der Waals surface area (Å²) in [5, 5.41) is 2.30. The zero-order chi connectivity index (χ0) is 65.7. The molecule has 0 aliphatic heterocycles. The third-order valence-corrected chi connectivity index (χ3v) is 17.8. The van der Waals surface area contributed by atoms with Crippen LogP contribution in [0.1, 0.15) is 31.5 Å². The summed E-state index contributed by atoms with van der Waals surface area (Å²) in [6.07, 6.45) is 0. The number of nitrogens with zero attached hydrogens (tertiary/aromatic N) is 4. The van der Waals surface area contributed by atoms with Crippen molar-refractivity contribution in [1.82, 2.24) is 19.5 Å². The smallest absolute Gasteiger partial charge is 0.179 e. The van der Waals surface area contributed by atoms with Crippen LogP contribution in [0.25, 0.3) is 93.0 Å². The molecule has 13 rings (SSSR count). The minimum atomic E-state index is -3.44. The van der Waals surface area contributed by atoms with Gasteiger partial charge >= 0.3 is 0 Å². The summed E-state index contributed by atoms with van der Waals surface area (Å²) in [6.45, 7) is 0. The zero-order valence-corrected chi connectivity index (χ0v) is 37.5. The van der Waals surface area contributed by atoms with E-state index in [1.54, 1.807) is 12.1 Å². The summed E-state index contributed by atoms with van der Waals surface area (Å²) in [5.74, 6) is -1.69. The molecular formula is C63H42N4SSi. The van der Waals surface area contributed by atoms with E-state index in [1.807, 2.05) is 103 Å². The van der Waals surface area contributed by atoms with Gasteiger partial charge in [0.2, 0.25) is 0 Å². The van der Waals surface area contributed by atoms with Crippen LogP contribution in [0.5, 0.6) is 0 Å². The lowest BCUT2D eigenvalue weighted by molar-refractivity contribution is 1.06. The largest absolute Gasteiger partial charge is 0.309 e. The number of benzene rings is 10. The van der Waals surface area contributed by atoms with Crippen molar-refractivity contribution in [1.29, 1.82) is 0 Å². The van der Waals surface area contributed by atoms with E-state index in [0.29, 0.717) is 0 Å². The first-order valence-corrected chi connectivity index (χ1v) is 24.3. The van der Waals surface area contributed by atoms with Crippen LogP contribution < -0.4 is 20.7 Å². The van der Waals surface area contributed by atoms with Crippen molar-refractivity contribution >= 4 is 82.1 Å². The maximum absolute atomic E-state index is 9.91. The van der Waals surface area contributed by atoms with Crippen LogP contribution in [-0.4, -0.2) is 27.6 Å². The number of fused-ring (bicyclic) bond motifs is 6. The normalized spacial score (nSPS) is 16.4. The lowest BCUT2D eigenvalue weighted by Crippen LogP contribution is -2.74. The molecule has 69 heavy (non-hydrogen) atoms. The van der Waals surface area contributed by atoms with Crippen LogP contribution in [0, 0.1) is 0 Å². The van der Waals surface area contributed by atoms with Crippen molar-refractivity contribution in [3.8, 4) is 51.0 Å². The highest BCUT2D eigenvalue weighted by Crippen LogP contribution is 2.40. The minimum Gasteiger partial charge on any atom is -0.309 e. The lowest BCUT2D eigenvalue weighted by atomic mass is 9.97. The zero-order valence-electron chi connectivity index (χ0n) is 58.7. The first-order chi connectivity index (χ1) is 43.8. The highest BCUT2D eigenvalue weighted by Gasteiger charge is 2.41. The van der Waals surface area contributed by atoms with Crippen LogP contribution in [0.3, 0.4) is 0 Å². The number of rotatable bonds is 9. The molecule has 6 heteroatoms. The molecule has 13 aromatic rings. The molecular weight excluding hydrogens is 873 g/mol. The van der Waals surface area contributed by atoms with E-state index in [2.05, 4.69) is 0 Å². The van der Waals surface area contributed by atoms with Crippen molar-refractivity contribution in [2.24, 2.45) is 0 Å². The Kier molecular flexibility index (Phi) is 5.76. The molecule has 0 N–H and O–H groups in total. The molecule has 324 valence electrons. The van der Waals surface area contributed by atoms with Gasteiger partial charge in [0.05, 0.1) is 48.2 Å². The molecule has 0 bridgehead atoms. The number of para-hydroxylation sites is 3. The van der Waals surface area contributed by atoms with Gasteiger partial charge in [0.15, 0.2) is 25.5 Å². The summed E-state index contributed by atoms with van der Waals surface area (Å²) in [6, 6.07) is 18.5. The fraction of sp³-hybridized carbons (Fsp3) is 0. The molecule has 0 spiro atoms. The van der Waals surface area contributed by atoms with Gasteiger partial charge in [0.25, 0.3) is 0 Å². The van der Waals surface area contributed by atoms with E-state index in [0.717, 1.165) is 36.7 Å². The van der Waals surface area contributed by atoms with E-state index >= 15 is 0 Å². The molecule has 0 unspecified atom stereocenters. The van der Waals surface area contributed by atoms with Crippen LogP contribution >= 0.6 is 11.3 Å². The molecule has 0 aliphatic carbocycles. The molecule has 10 aromatic carbocycles. The highest BCUT2D eigenvalue weighted by atomic mass is 32.1. The Morgan fingerprint density at radius 3 is 1.52 bits per heavy atom. The van der Waals surface area contributed by atoms with E-state index in [9.17, 15) is 19.2 Å². The molecule has 3 aromatic heterocycles. The van der Waals surface area contributed by atoms with Gasteiger partial charge in [-0.3, -0.25) is 0 Å². The van der Waals surface area contributed by atoms with Gasteiger partial charge in [-0.2, -0.15) is 0 Å². The maximum atomic E-state index is 9.91. The molecule has 3 heterocycles. The van der Waals surface area contributed by atoms with Crippen LogP contribution in [0.2, 0.25) is 0 Å². The van der Waals surface area contributed by atoms with E-state index in [4.69, 9.17) is 27.3 Å². The second kappa shape index (κ2) is 17.0. The van der Waals surface area contributed by atoms with Crippen LogP contribution in [0.4, 0.5) is 0 Å². The SMILES string of the molecule is [2H]c1c([2H])c([2H])c(-c2c([2H])c([2H])c3sc4c([2H])c([2H])c([2H])c([2H])c4c3c2[2H])c(-c2nc(-c3cccc([Si](c4ccccc4)(c4ccccc4)c4ccccc4)c3)nc(-c3c([2H])c([2H])c([2H])c([2H])c3-n3c4c([2H])c([2H])c([2H])c([2H])c4c4c([2H])c([2H])c([2H])c([2H])c43)n2)c1[2H]. The van der Waals surface area contributed by atoms with Gasteiger partial charge in [-0.15, -0.1) is 11.3 Å². The van der Waals surface area contributed by atoms with Gasteiger partial charge < -0.3 is 4.57 Å². The minimum absolute atomic E-state index is 0.0507. The molecule has 4 nitrogen and oxygen atoms in total. The highest BCUT2D eigenvalue weighted by molar-refractivity contribution is 7.25. The molecule has 0 atom stereocenters. The predicted octanol–water partition coefficient (Wildman–Crippen LogP) is 13.4. The van der Waals surface area contributed by atoms with Gasteiger partial charge in [0.1, 0.15) is 0 Å². The Morgan fingerprint density at radius 2 is 0.870 bits per heavy atom. The van der Waals surface area contributed by atoms with Crippen molar-refractivity contribution in [2.45, 2.75) is 0 Å². The molecule has 0 saturated carbocycles. The fourth-order valence-electron chi connectivity index (χ4n) is 9.06. The average molecular weight is 938 g/mol. The van der Waals surface area contributed by atoms with Crippen molar-refractivity contribution in [3.63, 3.8) is 0 Å². The topological polar surface area (TPSA) is 43.6 Å². The Labute approximate surface area is 437 Å². The van der Waals surface area contributed by atoms with Crippen molar-refractivity contribution in [2.75, 3.05) is 0 Å². The summed E-state index contributed by atoms with van der Waals surface area (Å²) in [4.78, 5) is 14.8. The Hall–Kier alpha value is -8.55. The van der Waals surface area contributed by atoms with Gasteiger partial charge in [0, 0.05) is 47.6 Å². The number of aromatic nitrogens is 4. The molecule has 0 saturated heterocycles. The first kappa shape index (κ1) is 23.4.